The van der Waals surface area contributed by atoms with E-state index in [0.29, 0.717) is 12.8 Å². The number of aryl methyl sites for hydroxylation is 1. The summed E-state index contributed by atoms with van der Waals surface area (Å²) in [5, 5.41) is 5.17. The van der Waals surface area contributed by atoms with Gasteiger partial charge in [0.05, 0.1) is 12.5 Å². The molecule has 8 rings (SSSR count). The third-order valence-corrected chi connectivity index (χ3v) is 13.7. The van der Waals surface area contributed by atoms with Crippen LogP contribution in [-0.4, -0.2) is 20.1 Å². The van der Waals surface area contributed by atoms with Gasteiger partial charge in [-0.25, -0.2) is 0 Å². The molecule has 0 N–H and O–H groups in total. The summed E-state index contributed by atoms with van der Waals surface area (Å²) in [7, 11) is 0.472. The molecule has 0 aromatic heterocycles. The van der Waals surface area contributed by atoms with Gasteiger partial charge in [0.1, 0.15) is 0 Å². The Morgan fingerprint density at radius 2 is 1.31 bits per heavy atom. The van der Waals surface area contributed by atoms with Crippen LogP contribution < -0.4 is 25.5 Å². The number of hydrogen-bond acceptors (Lipinski definition) is 4. The first-order valence-electron chi connectivity index (χ1n) is 17.9. The van der Waals surface area contributed by atoms with E-state index in [1.807, 2.05) is 0 Å². The van der Waals surface area contributed by atoms with Crippen molar-refractivity contribution in [3.63, 3.8) is 0 Å². The van der Waals surface area contributed by atoms with E-state index in [1.165, 1.54) is 84.3 Å². The second kappa shape index (κ2) is 13.0. The number of carbonyl (C=O) groups excluding carboxylic acids is 1. The average molecular weight is 687 g/mol. The van der Waals surface area contributed by atoms with Gasteiger partial charge in [-0.1, -0.05) is 109 Å². The number of anilines is 2. The molecule has 2 aliphatic rings. The molecule has 1 unspecified atom stereocenters. The summed E-state index contributed by atoms with van der Waals surface area (Å²) in [6.45, 7) is 11.8. The van der Waals surface area contributed by atoms with E-state index in [2.05, 4.69) is 165 Å². The predicted molar refractivity (Wildman–Crippen MR) is 216 cm³/mol. The minimum absolute atomic E-state index is 0.130. The highest BCUT2D eigenvalue weighted by molar-refractivity contribution is 7.76. The third kappa shape index (κ3) is 5.54. The van der Waals surface area contributed by atoms with Crippen molar-refractivity contribution in [3.8, 4) is 0 Å². The molecule has 6 heteroatoms. The number of rotatable bonds is 7. The zero-order chi connectivity index (χ0) is 35.4. The predicted octanol–water partition coefficient (Wildman–Crippen LogP) is 8.62. The number of esters is 1. The number of hydrogen-bond donors (Lipinski definition) is 0. The van der Waals surface area contributed by atoms with Crippen LogP contribution >= 0.6 is 8.07 Å². The lowest BCUT2D eigenvalue weighted by Crippen LogP contribution is -2.63. The van der Waals surface area contributed by atoms with E-state index in [4.69, 9.17) is 4.74 Å². The smallest absolute Gasteiger partial charge is 0.416 e. The van der Waals surface area contributed by atoms with Crippen LogP contribution in [0, 0.1) is 33.1 Å². The molecule has 1 atom stereocenters. The molecule has 0 saturated heterocycles. The number of methoxy groups -OCH3 is 1. The Bertz CT molecular complexity index is 2240. The Hall–Kier alpha value is -4.86. The topological polar surface area (TPSA) is 32.8 Å². The molecule has 254 valence electrons. The summed E-state index contributed by atoms with van der Waals surface area (Å²) in [6.07, 6.45) is 1.38. The fourth-order valence-corrected chi connectivity index (χ4v) is 11.3. The highest BCUT2D eigenvalue weighted by Crippen LogP contribution is 2.52. The first-order chi connectivity index (χ1) is 24.7. The molecule has 0 fully saturated rings. The van der Waals surface area contributed by atoms with Crippen molar-refractivity contribution < 1.29 is 9.53 Å². The fraction of sp³-hybridized carbons (Fsp3) is 0.222. The van der Waals surface area contributed by atoms with Gasteiger partial charge in [-0.15, -0.1) is 0 Å². The Labute approximate surface area is 304 Å². The maximum Gasteiger partial charge on any atom is 0.416 e. The maximum atomic E-state index is 13.2. The highest BCUT2D eigenvalue weighted by Gasteiger charge is 2.48. The minimum Gasteiger partial charge on any atom is -0.469 e. The Kier molecular flexibility index (Phi) is 8.51. The second-order valence-corrected chi connectivity index (χ2v) is 16.7. The van der Waals surface area contributed by atoms with Gasteiger partial charge in [0.15, 0.2) is 0 Å². The number of ether oxygens (including phenoxy) is 1. The molecule has 0 radical (unpaired) electrons. The molecule has 0 spiro atoms. The van der Waals surface area contributed by atoms with Gasteiger partial charge in [-0.2, -0.15) is 0 Å². The van der Waals surface area contributed by atoms with E-state index in [-0.39, 0.29) is 13.0 Å². The molecular formula is C45H44BN2O2P. The van der Waals surface area contributed by atoms with Crippen molar-refractivity contribution in [2.24, 2.45) is 5.41 Å². The summed E-state index contributed by atoms with van der Waals surface area (Å²) in [4.78, 5) is 15.9. The average Bonchev–Trinajstić information content (AvgIpc) is 3.53. The van der Waals surface area contributed by atoms with E-state index >= 15 is 0 Å². The molecule has 0 amide bonds. The number of fused-ring (bicyclic) bond motifs is 1. The van der Waals surface area contributed by atoms with Gasteiger partial charge in [0.2, 0.25) is 0 Å². The molecule has 51 heavy (non-hydrogen) atoms. The summed E-state index contributed by atoms with van der Waals surface area (Å²) in [5.41, 5.74) is 12.3. The Morgan fingerprint density at radius 1 is 0.725 bits per heavy atom. The van der Waals surface area contributed by atoms with E-state index in [0.717, 1.165) is 6.54 Å². The third-order valence-electron chi connectivity index (χ3n) is 11.3. The van der Waals surface area contributed by atoms with Crippen LogP contribution in [0.25, 0.3) is 10.8 Å². The van der Waals surface area contributed by atoms with Gasteiger partial charge >= 0.3 is 13.0 Å². The monoisotopic (exact) mass is 686 g/mol. The van der Waals surface area contributed by atoms with Crippen LogP contribution in [-0.2, 0) is 28.9 Å². The van der Waals surface area contributed by atoms with E-state index in [1.54, 1.807) is 0 Å². The van der Waals surface area contributed by atoms with Crippen molar-refractivity contribution >= 4 is 59.2 Å². The Morgan fingerprint density at radius 3 is 1.92 bits per heavy atom. The second-order valence-electron chi connectivity index (χ2n) is 14.6. The summed E-state index contributed by atoms with van der Waals surface area (Å²) in [6, 6.07) is 44.6. The standard InChI is InChI=1S/C45H44BN2O2P/c1-30-25-35-19-16-24-40-42(35)41(26-30)47(29-34-17-10-7-11-18-34)46(48(40)51(36-20-12-8-13-21-36)37-22-14-9-15-23-37)43-32(3)31(2)38-27-45(5,44(49)50-6)28-39(38)33(43)4/h7-26H,27-29H2,1-6H3. The summed E-state index contributed by atoms with van der Waals surface area (Å²) in [5.74, 6) is -0.130. The lowest BCUT2D eigenvalue weighted by molar-refractivity contribution is -0.151. The van der Waals surface area contributed by atoms with Crippen LogP contribution in [0.5, 0.6) is 0 Å². The zero-order valence-corrected chi connectivity index (χ0v) is 31.3. The van der Waals surface area contributed by atoms with Crippen LogP contribution in [0.4, 0.5) is 11.4 Å². The van der Waals surface area contributed by atoms with Crippen molar-refractivity contribution in [1.29, 1.82) is 0 Å². The fourth-order valence-electron chi connectivity index (χ4n) is 8.75. The van der Waals surface area contributed by atoms with Gasteiger partial charge in [-0.3, -0.25) is 4.79 Å². The van der Waals surface area contributed by atoms with Crippen molar-refractivity contribution in [2.45, 2.75) is 54.0 Å². The molecule has 0 saturated carbocycles. The van der Waals surface area contributed by atoms with E-state index in [9.17, 15) is 4.79 Å². The molecular weight excluding hydrogens is 642 g/mol. The molecule has 4 nitrogen and oxygen atoms in total. The zero-order valence-electron chi connectivity index (χ0n) is 30.4. The lowest BCUT2D eigenvalue weighted by atomic mass is 9.58. The highest BCUT2D eigenvalue weighted by atomic mass is 31.1. The van der Waals surface area contributed by atoms with Crippen LogP contribution in [0.15, 0.2) is 121 Å². The largest absolute Gasteiger partial charge is 0.469 e. The SMILES string of the molecule is COC(=O)C1(C)Cc2c(C)c(C)c(B3N(Cc4ccccc4)c4cc(C)cc5cccc(c45)N3P(c3ccccc3)c3ccccc3)c(C)c2C1. The number of benzene rings is 6. The Balaban J connectivity index is 1.47. The number of carbonyl (C=O) groups is 1. The van der Waals surface area contributed by atoms with Crippen LogP contribution in [0.3, 0.4) is 0 Å². The van der Waals surface area contributed by atoms with Crippen LogP contribution in [0.1, 0.15) is 45.9 Å². The van der Waals surface area contributed by atoms with Gasteiger partial charge < -0.3 is 14.1 Å². The lowest BCUT2D eigenvalue weighted by Gasteiger charge is -2.49. The van der Waals surface area contributed by atoms with Gasteiger partial charge in [0.25, 0.3) is 0 Å². The maximum absolute atomic E-state index is 13.2. The molecule has 1 heterocycles. The summed E-state index contributed by atoms with van der Waals surface area (Å²) >= 11 is 0. The van der Waals surface area contributed by atoms with Gasteiger partial charge in [0, 0.05) is 31.4 Å². The minimum atomic E-state index is -1.05. The summed E-state index contributed by atoms with van der Waals surface area (Å²) < 4.78 is 8.15. The van der Waals surface area contributed by atoms with Crippen LogP contribution in [0.2, 0.25) is 0 Å². The first kappa shape index (κ1) is 33.3. The molecule has 0 bridgehead atoms. The molecule has 6 aromatic rings. The quantitative estimate of drug-likeness (QED) is 0.0957. The molecule has 1 aliphatic carbocycles. The normalized spacial score (nSPS) is 16.6. The molecule has 6 aromatic carbocycles. The molecule has 1 aliphatic heterocycles. The van der Waals surface area contributed by atoms with Crippen molar-refractivity contribution in [1.82, 2.24) is 0 Å². The van der Waals surface area contributed by atoms with Gasteiger partial charge in [-0.05, 0) is 120 Å². The van der Waals surface area contributed by atoms with Crippen molar-refractivity contribution in [3.05, 3.63) is 160 Å². The number of nitrogens with zero attached hydrogens (tertiary/aromatic N) is 2. The first-order valence-corrected chi connectivity index (χ1v) is 19.2. The van der Waals surface area contributed by atoms with E-state index < -0.39 is 13.5 Å². The van der Waals surface area contributed by atoms with Crippen molar-refractivity contribution in [2.75, 3.05) is 16.5 Å².